The predicted molar refractivity (Wildman–Crippen MR) is 63.7 cm³/mol. The molecule has 0 aliphatic carbocycles. The summed E-state index contributed by atoms with van der Waals surface area (Å²) in [6.45, 7) is 4.23. The van der Waals surface area contributed by atoms with E-state index in [2.05, 4.69) is 6.08 Å². The van der Waals surface area contributed by atoms with E-state index in [0.29, 0.717) is 12.2 Å². The van der Waals surface area contributed by atoms with Crippen molar-refractivity contribution < 1.29 is 14.6 Å². The van der Waals surface area contributed by atoms with Crippen LogP contribution in [0.2, 0.25) is 0 Å². The third-order valence-electron chi connectivity index (χ3n) is 2.16. The average Bonchev–Trinajstić information content (AvgIpc) is 2.24. The second-order valence-electron chi connectivity index (χ2n) is 3.79. The van der Waals surface area contributed by atoms with Gasteiger partial charge in [0.25, 0.3) is 0 Å². The lowest BCUT2D eigenvalue weighted by Crippen LogP contribution is -2.01. The first-order valence-electron chi connectivity index (χ1n) is 5.21. The largest absolute Gasteiger partial charge is 0.508 e. The van der Waals surface area contributed by atoms with E-state index < -0.39 is 0 Å². The van der Waals surface area contributed by atoms with E-state index in [1.807, 2.05) is 19.9 Å². The van der Waals surface area contributed by atoms with Gasteiger partial charge in [0.1, 0.15) is 11.5 Å². The molecule has 1 N–H and O–H groups in total. The van der Waals surface area contributed by atoms with Crippen molar-refractivity contribution in [3.63, 3.8) is 0 Å². The normalized spacial score (nSPS) is 9.94. The maximum Gasteiger partial charge on any atom is 0.188 e. The van der Waals surface area contributed by atoms with Crippen LogP contribution < -0.4 is 4.74 Å². The number of phenolic OH excluding ortho intramolecular Hbond substituents is 1. The van der Waals surface area contributed by atoms with Crippen molar-refractivity contribution in [1.82, 2.24) is 0 Å². The third-order valence-corrected chi connectivity index (χ3v) is 2.16. The molecular weight excluding hydrogens is 204 g/mol. The molecule has 0 saturated heterocycles. The van der Waals surface area contributed by atoms with Crippen LogP contribution in [0.5, 0.6) is 11.5 Å². The summed E-state index contributed by atoms with van der Waals surface area (Å²) < 4.78 is 10.2. The van der Waals surface area contributed by atoms with Gasteiger partial charge in [-0.25, -0.2) is 0 Å². The summed E-state index contributed by atoms with van der Waals surface area (Å²) in [5.41, 5.74) is 2.00. The predicted octanol–water partition coefficient (Wildman–Crippen LogP) is 2.88. The molecule has 0 atom stereocenters. The molecule has 0 fully saturated rings. The molecule has 88 valence electrons. The zero-order valence-corrected chi connectivity index (χ0v) is 9.99. The highest BCUT2D eigenvalue weighted by Gasteiger charge is 2.07. The Bertz CT molecular complexity index is 365. The highest BCUT2D eigenvalue weighted by atomic mass is 16.7. The number of hydrogen-bond donors (Lipinski definition) is 1. The molecule has 1 aromatic rings. The maximum absolute atomic E-state index is 9.75. The first kappa shape index (κ1) is 12.6. The molecule has 16 heavy (non-hydrogen) atoms. The molecular formula is C13H18O3. The lowest BCUT2D eigenvalue weighted by Gasteiger charge is -2.11. The molecule has 1 rings (SSSR count). The number of allylic oxidation sites excluding steroid dienone is 2. The number of ether oxygens (including phenoxy) is 2. The van der Waals surface area contributed by atoms with Gasteiger partial charge in [0, 0.05) is 12.7 Å². The second kappa shape index (κ2) is 6.18. The monoisotopic (exact) mass is 222 g/mol. The SMILES string of the molecule is COCOc1cccc(O)c1CC=C(C)C. The van der Waals surface area contributed by atoms with Gasteiger partial charge in [-0.2, -0.15) is 0 Å². The van der Waals surface area contributed by atoms with Crippen molar-refractivity contribution in [2.75, 3.05) is 13.9 Å². The molecule has 3 heteroatoms. The maximum atomic E-state index is 9.75. The standard InChI is InChI=1S/C13H18O3/c1-10(2)7-8-11-12(14)5-4-6-13(11)16-9-15-3/h4-7,14H,8-9H2,1-3H3. The summed E-state index contributed by atoms with van der Waals surface area (Å²) in [7, 11) is 1.57. The number of hydrogen-bond acceptors (Lipinski definition) is 3. The highest BCUT2D eigenvalue weighted by molar-refractivity contribution is 5.45. The van der Waals surface area contributed by atoms with Crippen LogP contribution in [0.4, 0.5) is 0 Å². The summed E-state index contributed by atoms with van der Waals surface area (Å²) in [5.74, 6) is 0.922. The first-order chi connectivity index (χ1) is 7.65. The lowest BCUT2D eigenvalue weighted by molar-refractivity contribution is 0.0503. The van der Waals surface area contributed by atoms with E-state index in [9.17, 15) is 5.11 Å². The Kier molecular flexibility index (Phi) is 4.86. The van der Waals surface area contributed by atoms with Gasteiger partial charge in [0.2, 0.25) is 0 Å². The Morgan fingerprint density at radius 1 is 1.38 bits per heavy atom. The van der Waals surface area contributed by atoms with Crippen LogP contribution in [0.15, 0.2) is 29.8 Å². The van der Waals surface area contributed by atoms with E-state index in [1.54, 1.807) is 19.2 Å². The van der Waals surface area contributed by atoms with Crippen LogP contribution in [-0.4, -0.2) is 19.0 Å². The fraction of sp³-hybridized carbons (Fsp3) is 0.385. The number of benzene rings is 1. The first-order valence-corrected chi connectivity index (χ1v) is 5.21. The summed E-state index contributed by atoms with van der Waals surface area (Å²) in [6.07, 6.45) is 2.71. The van der Waals surface area contributed by atoms with Crippen LogP contribution >= 0.6 is 0 Å². The smallest absolute Gasteiger partial charge is 0.188 e. The summed E-state index contributed by atoms with van der Waals surface area (Å²) >= 11 is 0. The van der Waals surface area contributed by atoms with E-state index in [-0.39, 0.29) is 12.5 Å². The molecule has 0 amide bonds. The van der Waals surface area contributed by atoms with Gasteiger partial charge in [0.15, 0.2) is 6.79 Å². The molecule has 0 bridgehead atoms. The minimum Gasteiger partial charge on any atom is -0.508 e. The zero-order valence-electron chi connectivity index (χ0n) is 9.99. The van der Waals surface area contributed by atoms with Crippen molar-refractivity contribution >= 4 is 0 Å². The van der Waals surface area contributed by atoms with E-state index >= 15 is 0 Å². The second-order valence-corrected chi connectivity index (χ2v) is 3.79. The van der Waals surface area contributed by atoms with Crippen molar-refractivity contribution in [3.8, 4) is 11.5 Å². The van der Waals surface area contributed by atoms with Gasteiger partial charge in [-0.3, -0.25) is 0 Å². The Hall–Kier alpha value is -1.48. The number of phenols is 1. The lowest BCUT2D eigenvalue weighted by atomic mass is 10.1. The molecule has 3 nitrogen and oxygen atoms in total. The Labute approximate surface area is 96.3 Å². The molecule has 0 aliphatic rings. The highest BCUT2D eigenvalue weighted by Crippen LogP contribution is 2.28. The summed E-state index contributed by atoms with van der Waals surface area (Å²) in [4.78, 5) is 0. The van der Waals surface area contributed by atoms with Crippen LogP contribution in [0, 0.1) is 0 Å². The zero-order chi connectivity index (χ0) is 12.0. The van der Waals surface area contributed by atoms with E-state index in [0.717, 1.165) is 5.56 Å². The van der Waals surface area contributed by atoms with Gasteiger partial charge in [-0.05, 0) is 32.4 Å². The average molecular weight is 222 g/mol. The van der Waals surface area contributed by atoms with Gasteiger partial charge < -0.3 is 14.6 Å². The topological polar surface area (TPSA) is 38.7 Å². The van der Waals surface area contributed by atoms with E-state index in [4.69, 9.17) is 9.47 Å². The molecule has 0 heterocycles. The van der Waals surface area contributed by atoms with Crippen LogP contribution in [-0.2, 0) is 11.2 Å². The van der Waals surface area contributed by atoms with Crippen molar-refractivity contribution in [1.29, 1.82) is 0 Å². The van der Waals surface area contributed by atoms with Gasteiger partial charge in [-0.15, -0.1) is 0 Å². The molecule has 0 aromatic heterocycles. The minimum atomic E-state index is 0.186. The quantitative estimate of drug-likeness (QED) is 0.615. The summed E-state index contributed by atoms with van der Waals surface area (Å²) in [5, 5.41) is 9.75. The van der Waals surface area contributed by atoms with Crippen molar-refractivity contribution in [2.24, 2.45) is 0 Å². The third kappa shape index (κ3) is 3.59. The Morgan fingerprint density at radius 3 is 2.75 bits per heavy atom. The molecule has 0 unspecified atom stereocenters. The van der Waals surface area contributed by atoms with Crippen molar-refractivity contribution in [2.45, 2.75) is 20.3 Å². The number of methoxy groups -OCH3 is 1. The molecule has 0 radical (unpaired) electrons. The number of aromatic hydroxyl groups is 1. The van der Waals surface area contributed by atoms with E-state index in [1.165, 1.54) is 5.57 Å². The fourth-order valence-corrected chi connectivity index (χ4v) is 1.32. The molecule has 0 saturated carbocycles. The van der Waals surface area contributed by atoms with Crippen LogP contribution in [0.3, 0.4) is 0 Å². The Morgan fingerprint density at radius 2 is 2.12 bits per heavy atom. The molecule has 1 aromatic carbocycles. The molecule has 0 spiro atoms. The van der Waals surface area contributed by atoms with Crippen LogP contribution in [0.25, 0.3) is 0 Å². The summed E-state index contributed by atoms with van der Waals surface area (Å²) in [6, 6.07) is 5.24. The minimum absolute atomic E-state index is 0.186. The fourth-order valence-electron chi connectivity index (χ4n) is 1.32. The van der Waals surface area contributed by atoms with Gasteiger partial charge in [0.05, 0.1) is 0 Å². The number of rotatable bonds is 5. The van der Waals surface area contributed by atoms with Crippen LogP contribution in [0.1, 0.15) is 19.4 Å². The van der Waals surface area contributed by atoms with Gasteiger partial charge in [-0.1, -0.05) is 17.7 Å². The Balaban J connectivity index is 2.89. The van der Waals surface area contributed by atoms with Gasteiger partial charge >= 0.3 is 0 Å². The molecule has 0 aliphatic heterocycles. The van der Waals surface area contributed by atoms with Crippen molar-refractivity contribution in [3.05, 3.63) is 35.4 Å².